The summed E-state index contributed by atoms with van der Waals surface area (Å²) in [5, 5.41) is 15.1. The van der Waals surface area contributed by atoms with E-state index in [1.54, 1.807) is 20.8 Å². The number of carbonyl (C=O) groups is 4. The number of hydrogen-bond acceptors (Lipinski definition) is 5. The fourth-order valence-electron chi connectivity index (χ4n) is 5.01. The van der Waals surface area contributed by atoms with Gasteiger partial charge in [0.25, 0.3) is 0 Å². The van der Waals surface area contributed by atoms with Crippen LogP contribution in [-0.4, -0.2) is 64.7 Å². The summed E-state index contributed by atoms with van der Waals surface area (Å²) in [6.45, 7) is 6.28. The summed E-state index contributed by atoms with van der Waals surface area (Å²) in [6.07, 6.45) is 3.89. The van der Waals surface area contributed by atoms with Crippen LogP contribution in [0.5, 0.6) is 0 Å². The van der Waals surface area contributed by atoms with Gasteiger partial charge in [0.15, 0.2) is 0 Å². The van der Waals surface area contributed by atoms with Crippen molar-refractivity contribution < 1.29 is 29.0 Å². The standard InChI is InChI=1S/C27H39N3O6/c1-27(2,3)36-26(35)29-21(16-18-8-5-4-6-9-18)23(31)28-17-19-11-13-20(14-12-19)24(32)30-15-7-10-22(30)25(33)34/h4-6,8-9,19-22H,7,10-17H2,1-3H3,(H,28,31)(H,29,35)(H,33,34)/t19?,20?,21-,22-/m0/s1. The van der Waals surface area contributed by atoms with E-state index in [0.717, 1.165) is 24.8 Å². The van der Waals surface area contributed by atoms with Gasteiger partial charge in [-0.05, 0) is 70.8 Å². The Morgan fingerprint density at radius 2 is 1.72 bits per heavy atom. The third kappa shape index (κ3) is 7.96. The lowest BCUT2D eigenvalue weighted by Gasteiger charge is -2.32. The SMILES string of the molecule is CC(C)(C)OC(=O)N[C@@H](Cc1ccccc1)C(=O)NCC1CCC(C(=O)N2CCC[C@H]2C(=O)O)CC1. The minimum absolute atomic E-state index is 0.0492. The second-order valence-electron chi connectivity index (χ2n) is 10.9. The summed E-state index contributed by atoms with van der Waals surface area (Å²) < 4.78 is 5.35. The molecule has 0 bridgehead atoms. The van der Waals surface area contributed by atoms with Gasteiger partial charge in [0, 0.05) is 25.4 Å². The number of alkyl carbamates (subject to hydrolysis) is 1. The molecule has 3 amide bonds. The molecule has 198 valence electrons. The maximum Gasteiger partial charge on any atom is 0.408 e. The molecule has 1 aliphatic heterocycles. The molecule has 0 spiro atoms. The summed E-state index contributed by atoms with van der Waals surface area (Å²) in [5.74, 6) is -1.18. The van der Waals surface area contributed by atoms with Crippen molar-refractivity contribution in [3.05, 3.63) is 35.9 Å². The number of hydrogen-bond donors (Lipinski definition) is 3. The number of carboxylic acids is 1. The molecule has 9 heteroatoms. The third-order valence-electron chi connectivity index (χ3n) is 6.87. The average molecular weight is 502 g/mol. The first-order chi connectivity index (χ1) is 17.0. The van der Waals surface area contributed by atoms with E-state index in [0.29, 0.717) is 38.8 Å². The summed E-state index contributed by atoms with van der Waals surface area (Å²) in [4.78, 5) is 51.3. The molecule has 0 unspecified atom stereocenters. The number of carbonyl (C=O) groups excluding carboxylic acids is 3. The Morgan fingerprint density at radius 1 is 1.06 bits per heavy atom. The Hall–Kier alpha value is -3.10. The number of amides is 3. The highest BCUT2D eigenvalue weighted by atomic mass is 16.6. The predicted molar refractivity (Wildman–Crippen MR) is 134 cm³/mol. The Kier molecular flexibility index (Phi) is 9.34. The lowest BCUT2D eigenvalue weighted by Crippen LogP contribution is -2.50. The largest absolute Gasteiger partial charge is 0.480 e. The molecule has 3 rings (SSSR count). The number of likely N-dealkylation sites (tertiary alicyclic amines) is 1. The van der Waals surface area contributed by atoms with Gasteiger partial charge in [-0.3, -0.25) is 9.59 Å². The van der Waals surface area contributed by atoms with E-state index in [-0.39, 0.29) is 23.7 Å². The van der Waals surface area contributed by atoms with Crippen molar-refractivity contribution in [1.29, 1.82) is 0 Å². The van der Waals surface area contributed by atoms with Gasteiger partial charge in [0.05, 0.1) is 0 Å². The van der Waals surface area contributed by atoms with Gasteiger partial charge in [0.2, 0.25) is 11.8 Å². The highest BCUT2D eigenvalue weighted by Gasteiger charge is 2.38. The molecule has 36 heavy (non-hydrogen) atoms. The summed E-state index contributed by atoms with van der Waals surface area (Å²) in [7, 11) is 0. The van der Waals surface area contributed by atoms with E-state index in [9.17, 15) is 24.3 Å². The topological polar surface area (TPSA) is 125 Å². The zero-order valence-electron chi connectivity index (χ0n) is 21.5. The molecule has 9 nitrogen and oxygen atoms in total. The van der Waals surface area contributed by atoms with Crippen molar-refractivity contribution in [2.24, 2.45) is 11.8 Å². The molecular formula is C27H39N3O6. The minimum atomic E-state index is -0.928. The van der Waals surface area contributed by atoms with Gasteiger partial charge in [-0.2, -0.15) is 0 Å². The molecule has 1 heterocycles. The van der Waals surface area contributed by atoms with Crippen LogP contribution in [0.15, 0.2) is 30.3 Å². The Morgan fingerprint density at radius 3 is 2.33 bits per heavy atom. The van der Waals surface area contributed by atoms with Gasteiger partial charge in [-0.1, -0.05) is 30.3 Å². The maximum atomic E-state index is 13.0. The van der Waals surface area contributed by atoms with Crippen LogP contribution in [0.3, 0.4) is 0 Å². The zero-order chi connectivity index (χ0) is 26.3. The van der Waals surface area contributed by atoms with Gasteiger partial charge >= 0.3 is 12.1 Å². The highest BCUT2D eigenvalue weighted by molar-refractivity contribution is 5.86. The van der Waals surface area contributed by atoms with Crippen molar-refractivity contribution in [3.8, 4) is 0 Å². The molecule has 3 N–H and O–H groups in total. The monoisotopic (exact) mass is 501 g/mol. The van der Waals surface area contributed by atoms with E-state index in [4.69, 9.17) is 4.74 Å². The van der Waals surface area contributed by atoms with Crippen LogP contribution in [0.1, 0.15) is 64.9 Å². The molecule has 1 saturated carbocycles. The first-order valence-electron chi connectivity index (χ1n) is 12.9. The molecule has 2 aliphatic rings. The lowest BCUT2D eigenvalue weighted by molar-refractivity contribution is -0.150. The normalized spacial score (nSPS) is 23.0. The fourth-order valence-corrected chi connectivity index (χ4v) is 5.01. The minimum Gasteiger partial charge on any atom is -0.480 e. The molecular weight excluding hydrogens is 462 g/mol. The second kappa shape index (κ2) is 12.2. The number of rotatable bonds is 8. The first kappa shape index (κ1) is 27.5. The predicted octanol–water partition coefficient (Wildman–Crippen LogP) is 3.12. The number of aliphatic carboxylic acids is 1. The van der Waals surface area contributed by atoms with Crippen LogP contribution >= 0.6 is 0 Å². The van der Waals surface area contributed by atoms with Crippen LogP contribution in [0, 0.1) is 11.8 Å². The van der Waals surface area contributed by atoms with Gasteiger partial charge in [0.1, 0.15) is 17.7 Å². The third-order valence-corrected chi connectivity index (χ3v) is 6.87. The van der Waals surface area contributed by atoms with E-state index < -0.39 is 29.7 Å². The van der Waals surface area contributed by atoms with Crippen LogP contribution < -0.4 is 10.6 Å². The molecule has 1 aliphatic carbocycles. The van der Waals surface area contributed by atoms with E-state index >= 15 is 0 Å². The van der Waals surface area contributed by atoms with Crippen LogP contribution in [-0.2, 0) is 25.5 Å². The maximum absolute atomic E-state index is 13.0. The van der Waals surface area contributed by atoms with Crippen molar-refractivity contribution in [2.45, 2.75) is 83.4 Å². The summed E-state index contributed by atoms with van der Waals surface area (Å²) in [5.41, 5.74) is 0.252. The molecule has 0 radical (unpaired) electrons. The summed E-state index contributed by atoms with van der Waals surface area (Å²) in [6, 6.07) is 8.01. The first-order valence-corrected chi connectivity index (χ1v) is 12.9. The molecule has 1 saturated heterocycles. The quantitative estimate of drug-likeness (QED) is 0.503. The zero-order valence-corrected chi connectivity index (χ0v) is 21.5. The number of nitrogens with one attached hydrogen (secondary N) is 2. The molecule has 1 aromatic carbocycles. The van der Waals surface area contributed by atoms with Crippen molar-refractivity contribution in [2.75, 3.05) is 13.1 Å². The van der Waals surface area contributed by atoms with Crippen molar-refractivity contribution >= 4 is 23.9 Å². The number of ether oxygens (including phenoxy) is 1. The van der Waals surface area contributed by atoms with Crippen LogP contribution in [0.2, 0.25) is 0 Å². The van der Waals surface area contributed by atoms with Gasteiger partial charge in [-0.15, -0.1) is 0 Å². The molecule has 1 aromatic rings. The van der Waals surface area contributed by atoms with E-state index in [1.807, 2.05) is 30.3 Å². The molecule has 2 atom stereocenters. The lowest BCUT2D eigenvalue weighted by atomic mass is 9.81. The number of nitrogens with zero attached hydrogens (tertiary/aromatic N) is 1. The highest BCUT2D eigenvalue weighted by Crippen LogP contribution is 2.32. The van der Waals surface area contributed by atoms with Crippen molar-refractivity contribution in [1.82, 2.24) is 15.5 Å². The Labute approximate surface area is 212 Å². The fraction of sp³-hybridized carbons (Fsp3) is 0.630. The van der Waals surface area contributed by atoms with E-state index in [1.165, 1.54) is 4.90 Å². The Bertz CT molecular complexity index is 921. The van der Waals surface area contributed by atoms with Gasteiger partial charge < -0.3 is 25.4 Å². The van der Waals surface area contributed by atoms with Crippen molar-refractivity contribution in [3.63, 3.8) is 0 Å². The second-order valence-corrected chi connectivity index (χ2v) is 10.9. The molecule has 0 aromatic heterocycles. The smallest absolute Gasteiger partial charge is 0.408 e. The van der Waals surface area contributed by atoms with Crippen LogP contribution in [0.25, 0.3) is 0 Å². The number of benzene rings is 1. The Balaban J connectivity index is 1.51. The average Bonchev–Trinajstić information content (AvgIpc) is 3.32. The summed E-state index contributed by atoms with van der Waals surface area (Å²) >= 11 is 0. The molecule has 2 fully saturated rings. The van der Waals surface area contributed by atoms with E-state index in [2.05, 4.69) is 10.6 Å². The van der Waals surface area contributed by atoms with Gasteiger partial charge in [-0.25, -0.2) is 9.59 Å². The number of carboxylic acid groups (broad SMARTS) is 1. The van der Waals surface area contributed by atoms with Crippen LogP contribution in [0.4, 0.5) is 4.79 Å².